The first-order valence-corrected chi connectivity index (χ1v) is 12.5. The van der Waals surface area contributed by atoms with Crippen molar-refractivity contribution in [2.45, 2.75) is 16.3 Å². The molecule has 2 amide bonds. The Kier molecular flexibility index (Phi) is 6.91. The number of hydrogen-bond acceptors (Lipinski definition) is 10. The van der Waals surface area contributed by atoms with Gasteiger partial charge in [-0.05, 0) is 17.7 Å². The molecule has 33 heavy (non-hydrogen) atoms. The molecule has 4 rings (SSSR count). The summed E-state index contributed by atoms with van der Waals surface area (Å²) < 4.78 is 0. The number of β-lactam (4-membered cyclic amide) rings is 1. The Morgan fingerprint density at radius 2 is 2.15 bits per heavy atom. The molecule has 2 aliphatic rings. The molecule has 0 saturated carbocycles. The van der Waals surface area contributed by atoms with Crippen LogP contribution in [-0.4, -0.2) is 68.5 Å². The fourth-order valence-corrected chi connectivity index (χ4v) is 6.34. The molecule has 1 aromatic heterocycles. The van der Waals surface area contributed by atoms with Crippen molar-refractivity contribution in [1.82, 2.24) is 15.2 Å². The van der Waals surface area contributed by atoms with Crippen molar-refractivity contribution >= 4 is 63.5 Å². The number of anilines is 1. The van der Waals surface area contributed by atoms with Crippen molar-refractivity contribution in [3.8, 4) is 0 Å². The summed E-state index contributed by atoms with van der Waals surface area (Å²) in [5, 5.41) is 17.4. The number of thiazole rings is 1. The molecule has 13 heteroatoms. The summed E-state index contributed by atoms with van der Waals surface area (Å²) in [4.78, 5) is 48.7. The fraction of sp³-hybridized carbons (Fsp3) is 0.250. The SMILES string of the molecule is CO/N=C(/C(=O)N[C@@H]1C(=O)N2C(C(=O)O)=C(CSc3ccccc3)CS[C@H]12)c1csc(N)n1. The Balaban J connectivity index is 1.49. The molecule has 2 aromatic rings. The van der Waals surface area contributed by atoms with Crippen LogP contribution in [0.1, 0.15) is 5.69 Å². The maximum atomic E-state index is 12.9. The number of carbonyl (C=O) groups excluding carboxylic acids is 2. The smallest absolute Gasteiger partial charge is 0.352 e. The van der Waals surface area contributed by atoms with Gasteiger partial charge in [0, 0.05) is 21.8 Å². The maximum absolute atomic E-state index is 12.9. The molecular formula is C20H19N5O5S3. The van der Waals surface area contributed by atoms with Crippen molar-refractivity contribution in [2.24, 2.45) is 5.16 Å². The number of thioether (sulfide) groups is 2. The average Bonchev–Trinajstić information content (AvgIpc) is 3.25. The van der Waals surface area contributed by atoms with Crippen molar-refractivity contribution in [1.29, 1.82) is 0 Å². The number of nitrogens with two attached hydrogens (primary N) is 1. The van der Waals surface area contributed by atoms with E-state index in [9.17, 15) is 19.5 Å². The second-order valence-electron chi connectivity index (χ2n) is 6.91. The Morgan fingerprint density at radius 3 is 2.79 bits per heavy atom. The van der Waals surface area contributed by atoms with Gasteiger partial charge >= 0.3 is 5.97 Å². The van der Waals surface area contributed by atoms with E-state index in [2.05, 4.69) is 15.5 Å². The number of benzene rings is 1. The lowest BCUT2D eigenvalue weighted by Gasteiger charge is -2.49. The summed E-state index contributed by atoms with van der Waals surface area (Å²) >= 11 is 4.05. The lowest BCUT2D eigenvalue weighted by molar-refractivity contribution is -0.150. The Hall–Kier alpha value is -3.03. The molecule has 10 nitrogen and oxygen atoms in total. The van der Waals surface area contributed by atoms with Gasteiger partial charge in [0.2, 0.25) is 0 Å². The van der Waals surface area contributed by atoms with Crippen LogP contribution in [0.3, 0.4) is 0 Å². The average molecular weight is 506 g/mol. The molecule has 0 aliphatic carbocycles. The Morgan fingerprint density at radius 1 is 1.39 bits per heavy atom. The first-order chi connectivity index (χ1) is 15.9. The third-order valence-corrected chi connectivity index (χ3v) is 7.97. The minimum Gasteiger partial charge on any atom is -0.477 e. The normalized spacial score (nSPS) is 20.2. The third-order valence-electron chi connectivity index (χ3n) is 4.85. The van der Waals surface area contributed by atoms with Gasteiger partial charge in [0.1, 0.15) is 29.9 Å². The number of carboxylic acid groups (broad SMARTS) is 1. The summed E-state index contributed by atoms with van der Waals surface area (Å²) in [7, 11) is 1.29. The molecule has 3 heterocycles. The van der Waals surface area contributed by atoms with Crippen molar-refractivity contribution < 1.29 is 24.3 Å². The zero-order valence-electron chi connectivity index (χ0n) is 17.3. The predicted molar refractivity (Wildman–Crippen MR) is 127 cm³/mol. The Bertz CT molecular complexity index is 1150. The largest absolute Gasteiger partial charge is 0.477 e. The molecular weight excluding hydrogens is 486 g/mol. The highest BCUT2D eigenvalue weighted by molar-refractivity contribution is 8.01. The van der Waals surface area contributed by atoms with Crippen LogP contribution < -0.4 is 11.1 Å². The standard InChI is InChI=1S/C20H19N5O5S3/c1-30-24-13(12-9-33-20(21)22-12)16(26)23-14-17(27)25-15(19(28)29)10(8-32-18(14)25)7-31-11-5-3-2-4-6-11/h2-6,9,14,18H,7-8H2,1H3,(H2,21,22)(H,23,26)(H,28,29)/b24-13+/t14-,18-/m1/s1. The van der Waals surface area contributed by atoms with Gasteiger partial charge in [-0.25, -0.2) is 9.78 Å². The van der Waals surface area contributed by atoms with E-state index in [1.54, 1.807) is 5.38 Å². The van der Waals surface area contributed by atoms with Crippen LogP contribution in [-0.2, 0) is 19.2 Å². The van der Waals surface area contributed by atoms with E-state index in [-0.39, 0.29) is 22.2 Å². The molecule has 0 unspecified atom stereocenters. The quantitative estimate of drug-likeness (QED) is 0.211. The first-order valence-electron chi connectivity index (χ1n) is 9.62. The molecule has 1 aromatic carbocycles. The first kappa shape index (κ1) is 23.1. The number of fused-ring (bicyclic) bond motifs is 1. The monoisotopic (exact) mass is 505 g/mol. The van der Waals surface area contributed by atoms with Gasteiger partial charge in [0.25, 0.3) is 11.8 Å². The van der Waals surface area contributed by atoms with E-state index in [0.717, 1.165) is 16.2 Å². The molecule has 1 fully saturated rings. The van der Waals surface area contributed by atoms with Gasteiger partial charge in [-0.15, -0.1) is 34.9 Å². The zero-order chi connectivity index (χ0) is 23.5. The number of nitrogens with zero attached hydrogens (tertiary/aromatic N) is 3. The molecule has 172 valence electrons. The molecule has 1 saturated heterocycles. The Labute approximate surface area is 201 Å². The van der Waals surface area contributed by atoms with Gasteiger partial charge in [-0.2, -0.15) is 0 Å². The minimum absolute atomic E-state index is 0.0178. The van der Waals surface area contributed by atoms with Gasteiger partial charge in [0.15, 0.2) is 10.8 Å². The third kappa shape index (κ3) is 4.70. The van der Waals surface area contributed by atoms with Crippen LogP contribution >= 0.6 is 34.9 Å². The van der Waals surface area contributed by atoms with Crippen LogP contribution in [0.5, 0.6) is 0 Å². The second kappa shape index (κ2) is 9.85. The van der Waals surface area contributed by atoms with Gasteiger partial charge < -0.3 is 21.0 Å². The predicted octanol–water partition coefficient (Wildman–Crippen LogP) is 1.61. The second-order valence-corrected chi connectivity index (χ2v) is 9.96. The number of hydrogen-bond donors (Lipinski definition) is 3. The zero-order valence-corrected chi connectivity index (χ0v) is 19.7. The van der Waals surface area contributed by atoms with E-state index in [1.165, 1.54) is 35.5 Å². The van der Waals surface area contributed by atoms with Crippen molar-refractivity contribution in [3.63, 3.8) is 0 Å². The summed E-state index contributed by atoms with van der Waals surface area (Å²) in [6.07, 6.45) is 0. The van der Waals surface area contributed by atoms with Crippen LogP contribution in [0.2, 0.25) is 0 Å². The number of aliphatic carboxylic acids is 1. The number of nitrogens with one attached hydrogen (secondary N) is 1. The van der Waals surface area contributed by atoms with Crippen molar-refractivity contribution in [2.75, 3.05) is 24.3 Å². The number of rotatable bonds is 8. The highest BCUT2D eigenvalue weighted by atomic mass is 32.2. The minimum atomic E-state index is -1.17. The van der Waals surface area contributed by atoms with E-state index in [0.29, 0.717) is 17.1 Å². The van der Waals surface area contributed by atoms with E-state index in [1.807, 2.05) is 30.3 Å². The summed E-state index contributed by atoms with van der Waals surface area (Å²) in [5.41, 5.74) is 6.38. The van der Waals surface area contributed by atoms with Crippen LogP contribution in [0.25, 0.3) is 0 Å². The number of oxime groups is 1. The van der Waals surface area contributed by atoms with Gasteiger partial charge in [-0.3, -0.25) is 14.5 Å². The number of aromatic nitrogens is 1. The number of nitrogen functional groups attached to an aromatic ring is 1. The molecule has 4 N–H and O–H groups in total. The molecule has 2 atom stereocenters. The van der Waals surface area contributed by atoms with E-state index >= 15 is 0 Å². The number of carboxylic acids is 1. The van der Waals surface area contributed by atoms with Gasteiger partial charge in [-0.1, -0.05) is 23.4 Å². The molecule has 0 spiro atoms. The lowest BCUT2D eigenvalue weighted by atomic mass is 10.0. The van der Waals surface area contributed by atoms with Crippen molar-refractivity contribution in [3.05, 3.63) is 52.7 Å². The molecule has 2 aliphatic heterocycles. The molecule has 0 bridgehead atoms. The van der Waals surface area contributed by atoms with Crippen LogP contribution in [0, 0.1) is 0 Å². The highest BCUT2D eigenvalue weighted by Crippen LogP contribution is 2.41. The summed E-state index contributed by atoms with van der Waals surface area (Å²) in [6, 6.07) is 8.73. The lowest BCUT2D eigenvalue weighted by Crippen LogP contribution is -2.71. The van der Waals surface area contributed by atoms with Crippen LogP contribution in [0.15, 0.2) is 57.0 Å². The van der Waals surface area contributed by atoms with Gasteiger partial charge in [0.05, 0.1) is 0 Å². The fourth-order valence-electron chi connectivity index (χ4n) is 3.38. The summed E-state index contributed by atoms with van der Waals surface area (Å²) in [5.74, 6) is -1.44. The highest BCUT2D eigenvalue weighted by Gasteiger charge is 2.54. The number of amides is 2. The topological polar surface area (TPSA) is 147 Å². The summed E-state index contributed by atoms with van der Waals surface area (Å²) in [6.45, 7) is 0. The molecule has 0 radical (unpaired) electrons. The maximum Gasteiger partial charge on any atom is 0.352 e. The number of carbonyl (C=O) groups is 3. The van der Waals surface area contributed by atoms with E-state index < -0.39 is 29.2 Å². The van der Waals surface area contributed by atoms with E-state index in [4.69, 9.17) is 10.6 Å². The van der Waals surface area contributed by atoms with Crippen LogP contribution in [0.4, 0.5) is 5.13 Å².